The molecule has 6 heterocycles. The molecule has 6 aliphatic rings. The summed E-state index contributed by atoms with van der Waals surface area (Å²) in [4.78, 5) is 0. The predicted molar refractivity (Wildman–Crippen MR) is 198 cm³/mol. The first-order chi connectivity index (χ1) is 31.3. The Bertz CT molecular complexity index is 1460. The molecule has 0 aromatic carbocycles. The Morgan fingerprint density at radius 1 is 0.273 bits per heavy atom. The first kappa shape index (κ1) is 54.1. The van der Waals surface area contributed by atoms with Crippen LogP contribution in [0.3, 0.4) is 0 Å². The van der Waals surface area contributed by atoms with Crippen LogP contribution in [0.1, 0.15) is 0 Å². The maximum Gasteiger partial charge on any atom is 0.187 e. The van der Waals surface area contributed by atoms with E-state index in [9.17, 15) is 97.0 Å². The van der Waals surface area contributed by atoms with Crippen LogP contribution in [-0.4, -0.2) is 321 Å². The predicted octanol–water partition coefficient (Wildman–Crippen LogP) is -13.4. The number of ether oxygens (including phenoxy) is 11. The fourth-order valence-electron chi connectivity index (χ4n) is 8.47. The van der Waals surface area contributed by atoms with E-state index < -0.39 is 218 Å². The van der Waals surface area contributed by atoms with E-state index in [0.717, 1.165) is 0 Å². The maximum absolute atomic E-state index is 11.2. The van der Waals surface area contributed by atoms with E-state index in [-0.39, 0.29) is 6.61 Å². The van der Waals surface area contributed by atoms with E-state index in [1.807, 2.05) is 0 Å². The number of hydrogen-bond acceptors (Lipinski definition) is 30. The highest BCUT2D eigenvalue weighted by Crippen LogP contribution is 2.36. The number of rotatable bonds is 16. The molecule has 29 unspecified atom stereocenters. The zero-order valence-corrected chi connectivity index (χ0v) is 34.7. The van der Waals surface area contributed by atoms with E-state index in [2.05, 4.69) is 0 Å². The standard InChI is InChI=1S/C36H62O30/c37-1-9-16(45)17(46)22(51)32(57-9)63-28-11(3-39)59-34(24(53)19(28)48)65-30-13(5-41)61-36(26(55)21(30)50)66-31-14(6-42)60-35(25(54)20(31)49)64-29-12(4-40)58-33(23(52)18(29)47)62-27-10(2-38)56-7-8(43)15(27)44/h8-55H,1-7H2. The van der Waals surface area contributed by atoms with Crippen molar-refractivity contribution >= 4 is 0 Å². The highest BCUT2D eigenvalue weighted by molar-refractivity contribution is 4.99. The van der Waals surface area contributed by atoms with Gasteiger partial charge >= 0.3 is 0 Å². The number of aliphatic hydroxyl groups is 19. The van der Waals surface area contributed by atoms with Crippen molar-refractivity contribution in [1.82, 2.24) is 0 Å². The molecule has 0 aliphatic carbocycles. The molecule has 30 nitrogen and oxygen atoms in total. The summed E-state index contributed by atoms with van der Waals surface area (Å²) < 4.78 is 60.9. The average Bonchev–Trinajstić information content (AvgIpc) is 3.31. The molecule has 0 aromatic rings. The molecule has 30 heteroatoms. The van der Waals surface area contributed by atoms with Crippen LogP contribution in [0, 0.1) is 0 Å². The second kappa shape index (κ2) is 23.4. The third-order valence-electron chi connectivity index (χ3n) is 12.3. The minimum Gasteiger partial charge on any atom is -0.394 e. The van der Waals surface area contributed by atoms with Crippen LogP contribution in [0.5, 0.6) is 0 Å². The van der Waals surface area contributed by atoms with Crippen molar-refractivity contribution in [3.05, 3.63) is 0 Å². The minimum absolute atomic E-state index is 0.354. The first-order valence-electron chi connectivity index (χ1n) is 21.0. The molecule has 0 bridgehead atoms. The SMILES string of the molecule is OCC1OC(OC2C(CO)OC(OC3C(CO)OC(OC4C(CO)OC(OC5C(CO)OC(OC6C(CO)OCC(O)C6O)C(O)C5O)C(O)C4O)C(O)C3O)C(O)C2O)C(O)C(O)C1O. The summed E-state index contributed by atoms with van der Waals surface area (Å²) in [6.07, 6.45) is -52.8. The molecule has 0 amide bonds. The van der Waals surface area contributed by atoms with Gasteiger partial charge in [0, 0.05) is 0 Å². The van der Waals surface area contributed by atoms with E-state index in [0.29, 0.717) is 0 Å². The lowest BCUT2D eigenvalue weighted by atomic mass is 9.95. The number of aliphatic hydroxyl groups excluding tert-OH is 19. The zero-order chi connectivity index (χ0) is 48.5. The van der Waals surface area contributed by atoms with Gasteiger partial charge < -0.3 is 149 Å². The Morgan fingerprint density at radius 3 is 0.788 bits per heavy atom. The monoisotopic (exact) mass is 974 g/mol. The van der Waals surface area contributed by atoms with Crippen LogP contribution in [-0.2, 0) is 52.1 Å². The Kier molecular flexibility index (Phi) is 19.2. The summed E-state index contributed by atoms with van der Waals surface area (Å²) in [6.45, 7) is -5.77. The van der Waals surface area contributed by atoms with Crippen molar-refractivity contribution in [2.75, 3.05) is 46.2 Å². The van der Waals surface area contributed by atoms with Gasteiger partial charge in [-0.25, -0.2) is 0 Å². The molecule has 6 aliphatic heterocycles. The van der Waals surface area contributed by atoms with Gasteiger partial charge in [-0.2, -0.15) is 0 Å². The molecule has 0 spiro atoms. The lowest BCUT2D eigenvalue weighted by Crippen LogP contribution is -2.68. The van der Waals surface area contributed by atoms with Gasteiger partial charge in [-0.3, -0.25) is 0 Å². The molecule has 66 heavy (non-hydrogen) atoms. The van der Waals surface area contributed by atoms with Crippen molar-refractivity contribution < 1.29 is 149 Å². The van der Waals surface area contributed by atoms with Crippen molar-refractivity contribution in [2.24, 2.45) is 0 Å². The van der Waals surface area contributed by atoms with Crippen LogP contribution in [0.25, 0.3) is 0 Å². The van der Waals surface area contributed by atoms with Crippen molar-refractivity contribution in [2.45, 2.75) is 178 Å². The van der Waals surface area contributed by atoms with Gasteiger partial charge in [-0.05, 0) is 0 Å². The molecule has 0 radical (unpaired) electrons. The van der Waals surface area contributed by atoms with Gasteiger partial charge in [-0.1, -0.05) is 0 Å². The number of hydrogen-bond donors (Lipinski definition) is 19. The fourth-order valence-corrected chi connectivity index (χ4v) is 8.47. The molecular formula is C36H62O30. The van der Waals surface area contributed by atoms with Gasteiger partial charge in [0.1, 0.15) is 146 Å². The molecule has 6 saturated heterocycles. The molecule has 0 aromatic heterocycles. The Labute approximate surface area is 373 Å². The first-order valence-corrected chi connectivity index (χ1v) is 21.0. The second-order valence-electron chi connectivity index (χ2n) is 16.6. The van der Waals surface area contributed by atoms with Crippen molar-refractivity contribution in [3.8, 4) is 0 Å². The molecule has 6 fully saturated rings. The summed E-state index contributed by atoms with van der Waals surface area (Å²) in [6, 6.07) is 0. The lowest BCUT2D eigenvalue weighted by molar-refractivity contribution is -0.394. The van der Waals surface area contributed by atoms with E-state index in [1.165, 1.54) is 0 Å². The Balaban J connectivity index is 1.07. The van der Waals surface area contributed by atoms with Gasteiger partial charge in [0.05, 0.1) is 46.2 Å². The summed E-state index contributed by atoms with van der Waals surface area (Å²) >= 11 is 0. The summed E-state index contributed by atoms with van der Waals surface area (Å²) in [5.74, 6) is 0. The van der Waals surface area contributed by atoms with Crippen LogP contribution < -0.4 is 0 Å². The minimum atomic E-state index is -2.16. The molecule has 6 rings (SSSR count). The molecule has 29 atom stereocenters. The summed E-state index contributed by atoms with van der Waals surface area (Å²) in [5.41, 5.74) is 0. The van der Waals surface area contributed by atoms with E-state index >= 15 is 0 Å². The normalized spacial score (nSPS) is 52.9. The van der Waals surface area contributed by atoms with Crippen molar-refractivity contribution in [3.63, 3.8) is 0 Å². The van der Waals surface area contributed by atoms with Crippen LogP contribution >= 0.6 is 0 Å². The van der Waals surface area contributed by atoms with Crippen molar-refractivity contribution in [1.29, 1.82) is 0 Å². The Hall–Kier alpha value is -1.20. The van der Waals surface area contributed by atoms with Crippen LogP contribution in [0.2, 0.25) is 0 Å². The van der Waals surface area contributed by atoms with Crippen LogP contribution in [0.15, 0.2) is 0 Å². The second-order valence-corrected chi connectivity index (χ2v) is 16.6. The molecule has 386 valence electrons. The van der Waals surface area contributed by atoms with Crippen LogP contribution in [0.4, 0.5) is 0 Å². The topological polar surface area (TPSA) is 486 Å². The maximum atomic E-state index is 11.2. The van der Waals surface area contributed by atoms with E-state index in [1.54, 1.807) is 0 Å². The van der Waals surface area contributed by atoms with Gasteiger partial charge in [0.25, 0.3) is 0 Å². The molecule has 0 saturated carbocycles. The third-order valence-corrected chi connectivity index (χ3v) is 12.3. The fraction of sp³-hybridized carbons (Fsp3) is 1.00. The summed E-state index contributed by atoms with van der Waals surface area (Å²) in [5, 5.41) is 199. The summed E-state index contributed by atoms with van der Waals surface area (Å²) in [7, 11) is 0. The average molecular weight is 975 g/mol. The van der Waals surface area contributed by atoms with Gasteiger partial charge in [-0.15, -0.1) is 0 Å². The Morgan fingerprint density at radius 2 is 0.515 bits per heavy atom. The van der Waals surface area contributed by atoms with Gasteiger partial charge in [0.2, 0.25) is 0 Å². The highest BCUT2D eigenvalue weighted by Gasteiger charge is 2.57. The zero-order valence-electron chi connectivity index (χ0n) is 34.7. The lowest BCUT2D eigenvalue weighted by Gasteiger charge is -2.49. The van der Waals surface area contributed by atoms with E-state index in [4.69, 9.17) is 52.1 Å². The molecule has 19 N–H and O–H groups in total. The quantitative estimate of drug-likeness (QED) is 0.0683. The third kappa shape index (κ3) is 11.0. The highest BCUT2D eigenvalue weighted by atomic mass is 16.8. The van der Waals surface area contributed by atoms with Gasteiger partial charge in [0.15, 0.2) is 31.5 Å². The molecular weight excluding hydrogens is 912 g/mol. The smallest absolute Gasteiger partial charge is 0.187 e. The largest absolute Gasteiger partial charge is 0.394 e.